The Bertz CT molecular complexity index is 717. The lowest BCUT2D eigenvalue weighted by Crippen LogP contribution is -2.24. The molecular weight excluding hydrogens is 232 g/mol. The second-order valence-corrected chi connectivity index (χ2v) is 4.29. The van der Waals surface area contributed by atoms with Gasteiger partial charge < -0.3 is 4.98 Å². The summed E-state index contributed by atoms with van der Waals surface area (Å²) >= 11 is 0. The molecule has 0 radical (unpaired) electrons. The van der Waals surface area contributed by atoms with Crippen molar-refractivity contribution in [2.45, 2.75) is 12.3 Å². The Morgan fingerprint density at radius 3 is 2.61 bits per heavy atom. The Balaban J connectivity index is 2.28. The number of nitrogens with one attached hydrogen (secondary N) is 2. The van der Waals surface area contributed by atoms with Crippen LogP contribution >= 0.6 is 0 Å². The summed E-state index contributed by atoms with van der Waals surface area (Å²) in [5, 5.41) is 3.79. The number of amides is 2. The minimum absolute atomic E-state index is 0.0376. The van der Waals surface area contributed by atoms with Gasteiger partial charge in [0.1, 0.15) is 0 Å². The SMILES string of the molecule is O=C1CC(c2c(=O)[nH]cc3ccccc23)C(=O)N1. The van der Waals surface area contributed by atoms with Crippen molar-refractivity contribution in [1.29, 1.82) is 0 Å². The van der Waals surface area contributed by atoms with Crippen molar-refractivity contribution in [2.24, 2.45) is 0 Å². The van der Waals surface area contributed by atoms with Gasteiger partial charge in [-0.1, -0.05) is 24.3 Å². The average Bonchev–Trinajstić information content (AvgIpc) is 2.68. The monoisotopic (exact) mass is 242 g/mol. The average molecular weight is 242 g/mol. The molecule has 1 fully saturated rings. The number of benzene rings is 1. The zero-order valence-electron chi connectivity index (χ0n) is 9.40. The van der Waals surface area contributed by atoms with Crippen molar-refractivity contribution in [1.82, 2.24) is 10.3 Å². The minimum atomic E-state index is -0.688. The van der Waals surface area contributed by atoms with Gasteiger partial charge in [0.15, 0.2) is 0 Å². The number of hydrogen-bond acceptors (Lipinski definition) is 3. The van der Waals surface area contributed by atoms with Gasteiger partial charge in [-0.2, -0.15) is 0 Å². The second kappa shape index (κ2) is 3.80. The molecule has 0 saturated carbocycles. The predicted molar refractivity (Wildman–Crippen MR) is 65.1 cm³/mol. The molecule has 1 unspecified atom stereocenters. The first-order valence-corrected chi connectivity index (χ1v) is 5.61. The molecule has 1 saturated heterocycles. The molecule has 2 amide bonds. The standard InChI is InChI=1S/C13H10N2O3/c16-10-5-9(12(17)15-10)11-8-4-2-1-3-7(8)6-14-13(11)18/h1-4,6,9H,5H2,(H,14,18)(H,15,16,17). The summed E-state index contributed by atoms with van der Waals surface area (Å²) in [7, 11) is 0. The Hall–Kier alpha value is -2.43. The van der Waals surface area contributed by atoms with Gasteiger partial charge >= 0.3 is 0 Å². The maximum Gasteiger partial charge on any atom is 0.252 e. The molecule has 2 aromatic rings. The Kier molecular flexibility index (Phi) is 2.26. The largest absolute Gasteiger partial charge is 0.328 e. The summed E-state index contributed by atoms with van der Waals surface area (Å²) in [6.07, 6.45) is 1.64. The van der Waals surface area contributed by atoms with Crippen LogP contribution in [0, 0.1) is 0 Å². The third kappa shape index (κ3) is 1.52. The quantitative estimate of drug-likeness (QED) is 0.721. The molecule has 1 aromatic heterocycles. The maximum atomic E-state index is 11.9. The maximum absolute atomic E-state index is 11.9. The molecule has 1 aliphatic heterocycles. The molecule has 1 aliphatic rings. The van der Waals surface area contributed by atoms with Crippen molar-refractivity contribution < 1.29 is 9.59 Å². The molecular formula is C13H10N2O3. The van der Waals surface area contributed by atoms with E-state index in [-0.39, 0.29) is 17.9 Å². The van der Waals surface area contributed by atoms with E-state index in [9.17, 15) is 14.4 Å². The number of pyridine rings is 1. The van der Waals surface area contributed by atoms with E-state index in [0.29, 0.717) is 5.56 Å². The first-order chi connectivity index (χ1) is 8.66. The highest BCUT2D eigenvalue weighted by atomic mass is 16.2. The van der Waals surface area contributed by atoms with Crippen LogP contribution in [0.15, 0.2) is 35.3 Å². The van der Waals surface area contributed by atoms with E-state index in [4.69, 9.17) is 0 Å². The van der Waals surface area contributed by atoms with Gasteiger partial charge in [0, 0.05) is 18.2 Å². The van der Waals surface area contributed by atoms with Crippen molar-refractivity contribution in [2.75, 3.05) is 0 Å². The fourth-order valence-electron chi connectivity index (χ4n) is 2.34. The van der Waals surface area contributed by atoms with Gasteiger partial charge in [-0.05, 0) is 10.8 Å². The molecule has 0 spiro atoms. The fraction of sp³-hybridized carbons (Fsp3) is 0.154. The Morgan fingerprint density at radius 2 is 1.89 bits per heavy atom. The van der Waals surface area contributed by atoms with Gasteiger partial charge in [0.05, 0.1) is 5.92 Å². The molecule has 5 heteroatoms. The van der Waals surface area contributed by atoms with Crippen LogP contribution in [0.3, 0.4) is 0 Å². The molecule has 1 atom stereocenters. The zero-order chi connectivity index (χ0) is 12.7. The lowest BCUT2D eigenvalue weighted by Gasteiger charge is -2.08. The number of rotatable bonds is 1. The molecule has 0 bridgehead atoms. The molecule has 2 N–H and O–H groups in total. The highest BCUT2D eigenvalue weighted by Gasteiger charge is 2.34. The predicted octanol–water partition coefficient (Wildman–Crippen LogP) is 0.658. The van der Waals surface area contributed by atoms with Gasteiger partial charge in [0.2, 0.25) is 11.8 Å². The topological polar surface area (TPSA) is 79.0 Å². The molecule has 2 heterocycles. The van der Waals surface area contributed by atoms with Gasteiger partial charge in [-0.25, -0.2) is 0 Å². The first kappa shape index (κ1) is 10.7. The minimum Gasteiger partial charge on any atom is -0.328 e. The van der Waals surface area contributed by atoms with E-state index in [1.807, 2.05) is 12.1 Å². The number of hydrogen-bond donors (Lipinski definition) is 2. The number of aromatic amines is 1. The highest BCUT2D eigenvalue weighted by molar-refractivity contribution is 6.07. The van der Waals surface area contributed by atoms with E-state index in [0.717, 1.165) is 10.8 Å². The number of carbonyl (C=O) groups is 2. The summed E-state index contributed by atoms with van der Waals surface area (Å²) in [5.74, 6) is -1.42. The van der Waals surface area contributed by atoms with Crippen LogP contribution in [-0.4, -0.2) is 16.8 Å². The normalized spacial score (nSPS) is 19.2. The van der Waals surface area contributed by atoms with Gasteiger partial charge in [-0.15, -0.1) is 0 Å². The summed E-state index contributed by atoms with van der Waals surface area (Å²) < 4.78 is 0. The van der Waals surface area contributed by atoms with Crippen LogP contribution in [0.5, 0.6) is 0 Å². The number of carbonyl (C=O) groups excluding carboxylic acids is 2. The third-order valence-electron chi connectivity index (χ3n) is 3.17. The van der Waals surface area contributed by atoms with E-state index in [1.54, 1.807) is 18.3 Å². The van der Waals surface area contributed by atoms with Crippen LogP contribution in [0.25, 0.3) is 10.8 Å². The summed E-state index contributed by atoms with van der Waals surface area (Å²) in [4.78, 5) is 37.5. The van der Waals surface area contributed by atoms with E-state index >= 15 is 0 Å². The molecule has 5 nitrogen and oxygen atoms in total. The Morgan fingerprint density at radius 1 is 1.11 bits per heavy atom. The van der Waals surface area contributed by atoms with Crippen molar-refractivity contribution in [3.8, 4) is 0 Å². The summed E-state index contributed by atoms with van der Waals surface area (Å²) in [5.41, 5.74) is 0.0556. The number of H-pyrrole nitrogens is 1. The lowest BCUT2D eigenvalue weighted by atomic mass is 9.94. The molecule has 3 rings (SSSR count). The summed E-state index contributed by atoms with van der Waals surface area (Å²) in [6.45, 7) is 0. The second-order valence-electron chi connectivity index (χ2n) is 4.29. The van der Waals surface area contributed by atoms with E-state index < -0.39 is 11.8 Å². The van der Waals surface area contributed by atoms with Crippen molar-refractivity contribution in [3.63, 3.8) is 0 Å². The number of imide groups is 1. The molecule has 1 aromatic carbocycles. The van der Waals surface area contributed by atoms with Crippen molar-refractivity contribution in [3.05, 3.63) is 46.4 Å². The highest BCUT2D eigenvalue weighted by Crippen LogP contribution is 2.27. The number of fused-ring (bicyclic) bond motifs is 1. The molecule has 18 heavy (non-hydrogen) atoms. The number of aromatic nitrogens is 1. The van der Waals surface area contributed by atoms with Crippen LogP contribution in [0.4, 0.5) is 0 Å². The van der Waals surface area contributed by atoms with Crippen LogP contribution in [0.2, 0.25) is 0 Å². The fourth-order valence-corrected chi connectivity index (χ4v) is 2.34. The van der Waals surface area contributed by atoms with E-state index in [1.165, 1.54) is 0 Å². The third-order valence-corrected chi connectivity index (χ3v) is 3.17. The van der Waals surface area contributed by atoms with Crippen LogP contribution < -0.4 is 10.9 Å². The molecule has 90 valence electrons. The van der Waals surface area contributed by atoms with E-state index in [2.05, 4.69) is 10.3 Å². The first-order valence-electron chi connectivity index (χ1n) is 5.61. The summed E-state index contributed by atoms with van der Waals surface area (Å²) in [6, 6.07) is 7.30. The Labute approximate surface area is 102 Å². The van der Waals surface area contributed by atoms with Gasteiger partial charge in [-0.3, -0.25) is 19.7 Å². The van der Waals surface area contributed by atoms with Crippen molar-refractivity contribution >= 4 is 22.6 Å². The smallest absolute Gasteiger partial charge is 0.252 e. The van der Waals surface area contributed by atoms with Gasteiger partial charge in [0.25, 0.3) is 5.56 Å². The van der Waals surface area contributed by atoms with Crippen LogP contribution in [0.1, 0.15) is 17.9 Å². The zero-order valence-corrected chi connectivity index (χ0v) is 9.40. The molecule has 0 aliphatic carbocycles. The lowest BCUT2D eigenvalue weighted by molar-refractivity contribution is -0.125. The van der Waals surface area contributed by atoms with Crippen LogP contribution in [-0.2, 0) is 9.59 Å².